The highest BCUT2D eigenvalue weighted by molar-refractivity contribution is 5.86. The molecular formula is C20H38N2O4. The predicted octanol–water partition coefficient (Wildman–Crippen LogP) is 3.61. The van der Waals surface area contributed by atoms with Crippen molar-refractivity contribution < 1.29 is 19.1 Å². The summed E-state index contributed by atoms with van der Waals surface area (Å²) in [5.41, 5.74) is 5.07. The summed E-state index contributed by atoms with van der Waals surface area (Å²) in [4.78, 5) is 33.6. The molecule has 0 radical (unpaired) electrons. The van der Waals surface area contributed by atoms with Gasteiger partial charge in [0.05, 0.1) is 6.54 Å². The van der Waals surface area contributed by atoms with Crippen LogP contribution in [0.2, 0.25) is 0 Å². The molecule has 0 spiro atoms. The number of unbranched alkanes of at least 4 members (excludes halogenated alkanes) is 10. The van der Waals surface area contributed by atoms with Crippen molar-refractivity contribution in [3.63, 3.8) is 0 Å². The van der Waals surface area contributed by atoms with E-state index < -0.39 is 11.9 Å². The van der Waals surface area contributed by atoms with Crippen LogP contribution < -0.4 is 11.1 Å². The van der Waals surface area contributed by atoms with Gasteiger partial charge in [-0.25, -0.2) is 0 Å². The van der Waals surface area contributed by atoms with Gasteiger partial charge in [-0.15, -0.1) is 0 Å². The molecule has 3 N–H and O–H groups in total. The largest absolute Gasteiger partial charge is 0.392 e. The first-order valence-electron chi connectivity index (χ1n) is 10.3. The van der Waals surface area contributed by atoms with Crippen molar-refractivity contribution in [2.75, 3.05) is 13.1 Å². The molecule has 152 valence electrons. The highest BCUT2D eigenvalue weighted by atomic mass is 16.6. The Hall–Kier alpha value is -1.43. The van der Waals surface area contributed by atoms with Crippen molar-refractivity contribution in [2.45, 2.75) is 96.8 Å². The predicted molar refractivity (Wildman–Crippen MR) is 103 cm³/mol. The van der Waals surface area contributed by atoms with Gasteiger partial charge >= 0.3 is 11.9 Å². The Morgan fingerprint density at radius 1 is 0.731 bits per heavy atom. The quantitative estimate of drug-likeness (QED) is 0.231. The lowest BCUT2D eigenvalue weighted by atomic mass is 10.1. The molecule has 0 aromatic rings. The summed E-state index contributed by atoms with van der Waals surface area (Å²) in [7, 11) is 0. The molecule has 0 aliphatic rings. The van der Waals surface area contributed by atoms with Gasteiger partial charge < -0.3 is 15.8 Å². The molecule has 0 saturated heterocycles. The maximum atomic E-state index is 11.5. The number of nitrogens with two attached hydrogens (primary N) is 1. The van der Waals surface area contributed by atoms with Gasteiger partial charge in [-0.05, 0) is 19.3 Å². The lowest BCUT2D eigenvalue weighted by Gasteiger charge is -2.05. The number of ether oxygens (including phenoxy) is 1. The van der Waals surface area contributed by atoms with E-state index in [0.717, 1.165) is 51.5 Å². The Balaban J connectivity index is 3.23. The van der Waals surface area contributed by atoms with Crippen LogP contribution in [0.15, 0.2) is 0 Å². The van der Waals surface area contributed by atoms with Gasteiger partial charge in [-0.2, -0.15) is 0 Å². The number of esters is 2. The third-order valence-corrected chi connectivity index (χ3v) is 4.28. The van der Waals surface area contributed by atoms with E-state index in [1.54, 1.807) is 0 Å². The summed E-state index contributed by atoms with van der Waals surface area (Å²) in [5, 5.41) is 2.95. The van der Waals surface area contributed by atoms with Crippen molar-refractivity contribution in [3.8, 4) is 0 Å². The van der Waals surface area contributed by atoms with Gasteiger partial charge in [0.25, 0.3) is 0 Å². The van der Waals surface area contributed by atoms with Crippen molar-refractivity contribution in [1.82, 2.24) is 5.32 Å². The molecule has 0 fully saturated rings. The van der Waals surface area contributed by atoms with E-state index in [9.17, 15) is 14.4 Å². The van der Waals surface area contributed by atoms with Crippen LogP contribution in [0.3, 0.4) is 0 Å². The Kier molecular flexibility index (Phi) is 17.4. The van der Waals surface area contributed by atoms with E-state index in [1.165, 1.54) is 32.1 Å². The van der Waals surface area contributed by atoms with Crippen LogP contribution in [-0.4, -0.2) is 30.9 Å². The summed E-state index contributed by atoms with van der Waals surface area (Å²) in [6, 6.07) is 0. The molecule has 0 heterocycles. The zero-order valence-electron chi connectivity index (χ0n) is 16.5. The highest BCUT2D eigenvalue weighted by Crippen LogP contribution is 2.12. The van der Waals surface area contributed by atoms with Gasteiger partial charge in [-0.1, -0.05) is 64.7 Å². The van der Waals surface area contributed by atoms with E-state index in [1.807, 2.05) is 0 Å². The SMILES string of the molecule is CCCCNC(=O)CCCCCCCCCCCCC(=O)OC(=O)CN. The molecule has 0 aromatic heterocycles. The van der Waals surface area contributed by atoms with Crippen LogP contribution >= 0.6 is 0 Å². The molecule has 0 atom stereocenters. The second-order valence-corrected chi connectivity index (χ2v) is 6.79. The van der Waals surface area contributed by atoms with Crippen molar-refractivity contribution in [2.24, 2.45) is 5.73 Å². The first-order valence-corrected chi connectivity index (χ1v) is 10.3. The van der Waals surface area contributed by atoms with Crippen LogP contribution in [0.4, 0.5) is 0 Å². The van der Waals surface area contributed by atoms with Crippen LogP contribution in [-0.2, 0) is 19.1 Å². The minimum absolute atomic E-state index is 0.190. The normalized spacial score (nSPS) is 10.5. The number of hydrogen-bond donors (Lipinski definition) is 2. The van der Waals surface area contributed by atoms with Gasteiger partial charge in [0.2, 0.25) is 5.91 Å². The van der Waals surface area contributed by atoms with Gasteiger partial charge in [0, 0.05) is 19.4 Å². The average molecular weight is 371 g/mol. The molecule has 0 aliphatic heterocycles. The Labute approximate surface area is 158 Å². The molecule has 0 rings (SSSR count). The molecule has 6 heteroatoms. The number of hydrogen-bond acceptors (Lipinski definition) is 5. The van der Waals surface area contributed by atoms with Crippen LogP contribution in [0.5, 0.6) is 0 Å². The van der Waals surface area contributed by atoms with E-state index in [0.29, 0.717) is 6.42 Å². The number of nitrogens with one attached hydrogen (secondary N) is 1. The fraction of sp³-hybridized carbons (Fsp3) is 0.850. The lowest BCUT2D eigenvalue weighted by molar-refractivity contribution is -0.158. The number of carbonyl (C=O) groups is 3. The molecule has 0 saturated carbocycles. The minimum Gasteiger partial charge on any atom is -0.392 e. The second kappa shape index (κ2) is 18.4. The summed E-state index contributed by atoms with van der Waals surface area (Å²) < 4.78 is 4.50. The standard InChI is InChI=1S/C20H38N2O4/c1-2-3-16-22-18(23)14-12-10-8-6-4-5-7-9-11-13-15-19(24)26-20(25)17-21/h2-17,21H2,1H3,(H,22,23). The average Bonchev–Trinajstić information content (AvgIpc) is 2.62. The second-order valence-electron chi connectivity index (χ2n) is 6.79. The topological polar surface area (TPSA) is 98.5 Å². The third kappa shape index (κ3) is 17.4. The minimum atomic E-state index is -0.660. The van der Waals surface area contributed by atoms with Crippen molar-refractivity contribution in [1.29, 1.82) is 0 Å². The van der Waals surface area contributed by atoms with E-state index >= 15 is 0 Å². The zero-order chi connectivity index (χ0) is 19.5. The van der Waals surface area contributed by atoms with E-state index in [-0.39, 0.29) is 18.9 Å². The van der Waals surface area contributed by atoms with Crippen LogP contribution in [0.25, 0.3) is 0 Å². The maximum Gasteiger partial charge on any atom is 0.327 e. The molecule has 26 heavy (non-hydrogen) atoms. The molecule has 0 unspecified atom stereocenters. The van der Waals surface area contributed by atoms with Crippen LogP contribution in [0, 0.1) is 0 Å². The number of carbonyl (C=O) groups excluding carboxylic acids is 3. The third-order valence-electron chi connectivity index (χ3n) is 4.28. The molecule has 1 amide bonds. The van der Waals surface area contributed by atoms with Crippen molar-refractivity contribution in [3.05, 3.63) is 0 Å². The van der Waals surface area contributed by atoms with Gasteiger partial charge in [-0.3, -0.25) is 14.4 Å². The monoisotopic (exact) mass is 370 g/mol. The van der Waals surface area contributed by atoms with E-state index in [2.05, 4.69) is 17.0 Å². The summed E-state index contributed by atoms with van der Waals surface area (Å²) in [6.07, 6.45) is 14.1. The lowest BCUT2D eigenvalue weighted by Crippen LogP contribution is -2.23. The first kappa shape index (κ1) is 24.6. The summed E-state index contributed by atoms with van der Waals surface area (Å²) in [6.45, 7) is 2.68. The highest BCUT2D eigenvalue weighted by Gasteiger charge is 2.07. The van der Waals surface area contributed by atoms with Gasteiger partial charge in [0.1, 0.15) is 0 Å². The smallest absolute Gasteiger partial charge is 0.327 e. The van der Waals surface area contributed by atoms with Gasteiger partial charge in [0.15, 0.2) is 0 Å². The maximum absolute atomic E-state index is 11.5. The summed E-state index contributed by atoms with van der Waals surface area (Å²) in [5.74, 6) is -0.943. The zero-order valence-corrected chi connectivity index (χ0v) is 16.5. The number of amides is 1. The molecule has 0 bridgehead atoms. The van der Waals surface area contributed by atoms with Crippen LogP contribution in [0.1, 0.15) is 96.8 Å². The first-order chi connectivity index (χ1) is 12.6. The summed E-state index contributed by atoms with van der Waals surface area (Å²) >= 11 is 0. The Morgan fingerprint density at radius 3 is 1.73 bits per heavy atom. The molecule has 6 nitrogen and oxygen atoms in total. The Bertz CT molecular complexity index is 386. The van der Waals surface area contributed by atoms with E-state index in [4.69, 9.17) is 5.73 Å². The van der Waals surface area contributed by atoms with Crippen molar-refractivity contribution >= 4 is 17.8 Å². The number of rotatable bonds is 17. The molecule has 0 aliphatic carbocycles. The molecule has 0 aromatic carbocycles. The fourth-order valence-electron chi connectivity index (χ4n) is 2.68. The fourth-order valence-corrected chi connectivity index (χ4v) is 2.68. The Morgan fingerprint density at radius 2 is 1.23 bits per heavy atom. The molecular weight excluding hydrogens is 332 g/mol.